The molecule has 0 aliphatic rings. The van der Waals surface area contributed by atoms with Gasteiger partial charge in [0, 0.05) is 17.5 Å². The summed E-state index contributed by atoms with van der Waals surface area (Å²) in [5.41, 5.74) is 2.14. The minimum Gasteiger partial charge on any atom is -0.478 e. The SMILES string of the molecule is CN(C)Cc1nc(-c2ccc(C(=O)O)cc2)cs1. The van der Waals surface area contributed by atoms with Gasteiger partial charge >= 0.3 is 5.97 Å². The third-order valence-electron chi connectivity index (χ3n) is 2.43. The van der Waals surface area contributed by atoms with Gasteiger partial charge in [-0.05, 0) is 26.2 Å². The molecule has 1 aromatic heterocycles. The van der Waals surface area contributed by atoms with E-state index in [0.717, 1.165) is 22.8 Å². The highest BCUT2D eigenvalue weighted by Gasteiger charge is 2.07. The number of hydrogen-bond donors (Lipinski definition) is 1. The van der Waals surface area contributed by atoms with Crippen LogP contribution in [0, 0.1) is 0 Å². The first-order valence-corrected chi connectivity index (χ1v) is 6.37. The number of rotatable bonds is 4. The topological polar surface area (TPSA) is 53.4 Å². The van der Waals surface area contributed by atoms with E-state index < -0.39 is 5.97 Å². The van der Waals surface area contributed by atoms with Crippen molar-refractivity contribution in [1.82, 2.24) is 9.88 Å². The highest BCUT2D eigenvalue weighted by Crippen LogP contribution is 2.22. The van der Waals surface area contributed by atoms with Crippen molar-refractivity contribution in [3.05, 3.63) is 40.2 Å². The van der Waals surface area contributed by atoms with Crippen LogP contribution in [0.3, 0.4) is 0 Å². The second-order valence-corrected chi connectivity index (χ2v) is 5.19. The van der Waals surface area contributed by atoms with E-state index in [1.54, 1.807) is 35.6 Å². The monoisotopic (exact) mass is 262 g/mol. The average Bonchev–Trinajstić information content (AvgIpc) is 2.76. The Kier molecular flexibility index (Phi) is 3.74. The number of carboxylic acid groups (broad SMARTS) is 1. The van der Waals surface area contributed by atoms with Gasteiger partial charge in [-0.25, -0.2) is 9.78 Å². The summed E-state index contributed by atoms with van der Waals surface area (Å²) in [5.74, 6) is -0.909. The molecule has 0 radical (unpaired) electrons. The Morgan fingerprint density at radius 3 is 2.56 bits per heavy atom. The lowest BCUT2D eigenvalue weighted by Crippen LogP contribution is -2.10. The van der Waals surface area contributed by atoms with Gasteiger partial charge in [0.25, 0.3) is 0 Å². The summed E-state index contributed by atoms with van der Waals surface area (Å²) >= 11 is 1.61. The van der Waals surface area contributed by atoms with E-state index in [2.05, 4.69) is 9.88 Å². The second-order valence-electron chi connectivity index (χ2n) is 4.25. The van der Waals surface area contributed by atoms with Crippen molar-refractivity contribution in [1.29, 1.82) is 0 Å². The number of aromatic carboxylic acids is 1. The number of carbonyl (C=O) groups is 1. The van der Waals surface area contributed by atoms with Crippen molar-refractivity contribution in [3.63, 3.8) is 0 Å². The zero-order valence-corrected chi connectivity index (χ0v) is 11.1. The molecule has 2 rings (SSSR count). The van der Waals surface area contributed by atoms with Crippen LogP contribution in [0.2, 0.25) is 0 Å². The summed E-state index contributed by atoms with van der Waals surface area (Å²) in [5, 5.41) is 11.9. The van der Waals surface area contributed by atoms with Crippen molar-refractivity contribution in [2.24, 2.45) is 0 Å². The molecule has 1 heterocycles. The van der Waals surface area contributed by atoms with Gasteiger partial charge in [-0.15, -0.1) is 11.3 Å². The summed E-state index contributed by atoms with van der Waals surface area (Å²) in [4.78, 5) is 17.3. The molecule has 0 saturated heterocycles. The van der Waals surface area contributed by atoms with Crippen LogP contribution in [0.15, 0.2) is 29.6 Å². The van der Waals surface area contributed by atoms with Gasteiger partial charge in [-0.1, -0.05) is 12.1 Å². The minimum atomic E-state index is -0.909. The van der Waals surface area contributed by atoms with E-state index in [-0.39, 0.29) is 0 Å². The lowest BCUT2D eigenvalue weighted by Gasteiger charge is -2.05. The molecule has 5 heteroatoms. The molecular formula is C13H14N2O2S. The molecule has 0 spiro atoms. The molecule has 4 nitrogen and oxygen atoms in total. The Balaban J connectivity index is 2.20. The van der Waals surface area contributed by atoms with Crippen LogP contribution in [-0.4, -0.2) is 35.1 Å². The van der Waals surface area contributed by atoms with Gasteiger partial charge in [0.1, 0.15) is 5.01 Å². The van der Waals surface area contributed by atoms with E-state index in [0.29, 0.717) is 5.56 Å². The molecule has 0 aliphatic carbocycles. The summed E-state index contributed by atoms with van der Waals surface area (Å²) in [6.07, 6.45) is 0. The molecule has 94 valence electrons. The molecule has 1 aromatic carbocycles. The van der Waals surface area contributed by atoms with Gasteiger partial charge in [0.15, 0.2) is 0 Å². The van der Waals surface area contributed by atoms with E-state index in [4.69, 9.17) is 5.11 Å². The fourth-order valence-corrected chi connectivity index (χ4v) is 2.49. The predicted octanol–water partition coefficient (Wildman–Crippen LogP) is 2.57. The third-order valence-corrected chi connectivity index (χ3v) is 3.26. The van der Waals surface area contributed by atoms with Gasteiger partial charge < -0.3 is 10.0 Å². The summed E-state index contributed by atoms with van der Waals surface area (Å²) in [7, 11) is 4.01. The lowest BCUT2D eigenvalue weighted by molar-refractivity contribution is 0.0697. The Morgan fingerprint density at radius 2 is 2.00 bits per heavy atom. The van der Waals surface area contributed by atoms with Gasteiger partial charge in [-0.3, -0.25) is 0 Å². The van der Waals surface area contributed by atoms with Crippen LogP contribution in [0.25, 0.3) is 11.3 Å². The molecule has 0 atom stereocenters. The molecule has 18 heavy (non-hydrogen) atoms. The molecule has 0 aliphatic heterocycles. The summed E-state index contributed by atoms with van der Waals surface area (Å²) in [6, 6.07) is 6.78. The maximum Gasteiger partial charge on any atom is 0.335 e. The molecule has 0 bridgehead atoms. The Hall–Kier alpha value is -1.72. The van der Waals surface area contributed by atoms with Crippen molar-refractivity contribution in [2.75, 3.05) is 14.1 Å². The zero-order valence-electron chi connectivity index (χ0n) is 10.3. The molecule has 0 amide bonds. The molecule has 0 saturated carbocycles. The Bertz CT molecular complexity index is 546. The van der Waals surface area contributed by atoms with E-state index in [9.17, 15) is 4.79 Å². The van der Waals surface area contributed by atoms with Gasteiger partial charge in [-0.2, -0.15) is 0 Å². The zero-order chi connectivity index (χ0) is 13.1. The smallest absolute Gasteiger partial charge is 0.335 e. The average molecular weight is 262 g/mol. The van der Waals surface area contributed by atoms with Crippen LogP contribution in [0.1, 0.15) is 15.4 Å². The lowest BCUT2D eigenvalue weighted by atomic mass is 10.1. The van der Waals surface area contributed by atoms with Crippen molar-refractivity contribution >= 4 is 17.3 Å². The normalized spacial score (nSPS) is 10.8. The van der Waals surface area contributed by atoms with E-state index in [1.165, 1.54) is 0 Å². The van der Waals surface area contributed by atoms with Crippen LogP contribution in [-0.2, 0) is 6.54 Å². The largest absolute Gasteiger partial charge is 0.478 e. The van der Waals surface area contributed by atoms with Gasteiger partial charge in [0.2, 0.25) is 0 Å². The first kappa shape index (κ1) is 12.7. The van der Waals surface area contributed by atoms with Crippen LogP contribution in [0.4, 0.5) is 0 Å². The fraction of sp³-hybridized carbons (Fsp3) is 0.231. The van der Waals surface area contributed by atoms with Crippen molar-refractivity contribution < 1.29 is 9.90 Å². The van der Waals surface area contributed by atoms with Crippen LogP contribution in [0.5, 0.6) is 0 Å². The van der Waals surface area contributed by atoms with Crippen molar-refractivity contribution in [2.45, 2.75) is 6.54 Å². The fourth-order valence-electron chi connectivity index (χ4n) is 1.57. The third kappa shape index (κ3) is 2.94. The molecule has 2 aromatic rings. The van der Waals surface area contributed by atoms with E-state index >= 15 is 0 Å². The van der Waals surface area contributed by atoms with Crippen LogP contribution < -0.4 is 0 Å². The minimum absolute atomic E-state index is 0.294. The van der Waals surface area contributed by atoms with Crippen LogP contribution >= 0.6 is 11.3 Å². The maximum absolute atomic E-state index is 10.8. The maximum atomic E-state index is 10.8. The molecule has 0 fully saturated rings. The second kappa shape index (κ2) is 5.29. The first-order valence-electron chi connectivity index (χ1n) is 5.49. The number of carboxylic acids is 1. The van der Waals surface area contributed by atoms with Crippen molar-refractivity contribution in [3.8, 4) is 11.3 Å². The Morgan fingerprint density at radius 1 is 1.33 bits per heavy atom. The standard InChI is InChI=1S/C13H14N2O2S/c1-15(2)7-12-14-11(8-18-12)9-3-5-10(6-4-9)13(16)17/h3-6,8H,7H2,1-2H3,(H,16,17). The molecular weight excluding hydrogens is 248 g/mol. The summed E-state index contributed by atoms with van der Waals surface area (Å²) in [6.45, 7) is 0.817. The highest BCUT2D eigenvalue weighted by atomic mass is 32.1. The van der Waals surface area contributed by atoms with E-state index in [1.807, 2.05) is 19.5 Å². The first-order chi connectivity index (χ1) is 8.56. The number of benzene rings is 1. The number of aromatic nitrogens is 1. The summed E-state index contributed by atoms with van der Waals surface area (Å²) < 4.78 is 0. The molecule has 0 unspecified atom stereocenters. The number of thiazole rings is 1. The van der Waals surface area contributed by atoms with Gasteiger partial charge in [0.05, 0.1) is 11.3 Å². The molecule has 1 N–H and O–H groups in total. The highest BCUT2D eigenvalue weighted by molar-refractivity contribution is 7.09. The predicted molar refractivity (Wildman–Crippen MR) is 71.9 cm³/mol. The number of hydrogen-bond acceptors (Lipinski definition) is 4. The quantitative estimate of drug-likeness (QED) is 0.920. The Labute approximate surface area is 110 Å². The number of nitrogens with zero attached hydrogens (tertiary/aromatic N) is 2.